The van der Waals surface area contributed by atoms with Gasteiger partial charge in [0.15, 0.2) is 0 Å². The third-order valence-corrected chi connectivity index (χ3v) is 6.11. The van der Waals surface area contributed by atoms with Gasteiger partial charge in [-0.2, -0.15) is 0 Å². The topological polar surface area (TPSA) is 93.7 Å². The average molecular weight is 461 g/mol. The summed E-state index contributed by atoms with van der Waals surface area (Å²) in [7, 11) is -0.981. The standard InChI is InChI=1S/C22H21ClN2O5S/c1-14-7-9-16(10-8-14)25-31(27,28)17-6-4-5-15(11-17)22(26)24-19-13-20(29-2)18(23)12-21(19)30-3/h4-13,25H,1-3H3,(H,24,26). The van der Waals surface area contributed by atoms with Crippen molar-refractivity contribution in [3.05, 3.63) is 76.8 Å². The summed E-state index contributed by atoms with van der Waals surface area (Å²) in [5.74, 6) is 0.176. The monoisotopic (exact) mass is 460 g/mol. The second-order valence-electron chi connectivity index (χ2n) is 6.64. The van der Waals surface area contributed by atoms with E-state index in [0.29, 0.717) is 27.9 Å². The highest BCUT2D eigenvalue weighted by molar-refractivity contribution is 7.92. The number of rotatable bonds is 7. The number of carbonyl (C=O) groups is 1. The molecule has 0 aliphatic heterocycles. The summed E-state index contributed by atoms with van der Waals surface area (Å²) in [6.07, 6.45) is 0. The van der Waals surface area contributed by atoms with Crippen LogP contribution in [0.2, 0.25) is 5.02 Å². The molecule has 0 aromatic heterocycles. The van der Waals surface area contributed by atoms with Gasteiger partial charge < -0.3 is 14.8 Å². The minimum atomic E-state index is -3.88. The molecule has 0 fully saturated rings. The normalized spacial score (nSPS) is 11.0. The number of sulfonamides is 1. The number of aryl methyl sites for hydroxylation is 1. The smallest absolute Gasteiger partial charge is 0.261 e. The quantitative estimate of drug-likeness (QED) is 0.532. The molecule has 0 heterocycles. The maximum Gasteiger partial charge on any atom is 0.261 e. The Bertz CT molecular complexity index is 1210. The number of hydrogen-bond acceptors (Lipinski definition) is 5. The molecular weight excluding hydrogens is 440 g/mol. The molecule has 2 N–H and O–H groups in total. The molecule has 162 valence electrons. The van der Waals surface area contributed by atoms with Crippen molar-refractivity contribution in [3.8, 4) is 11.5 Å². The number of carbonyl (C=O) groups excluding carboxylic acids is 1. The Balaban J connectivity index is 1.86. The lowest BCUT2D eigenvalue weighted by atomic mass is 10.2. The van der Waals surface area contributed by atoms with E-state index in [1.54, 1.807) is 24.3 Å². The summed E-state index contributed by atoms with van der Waals surface area (Å²) in [6.45, 7) is 1.91. The third kappa shape index (κ3) is 5.28. The largest absolute Gasteiger partial charge is 0.495 e. The Hall–Kier alpha value is -3.23. The Morgan fingerprint density at radius 2 is 1.61 bits per heavy atom. The number of benzene rings is 3. The summed E-state index contributed by atoms with van der Waals surface area (Å²) in [5, 5.41) is 3.02. The van der Waals surface area contributed by atoms with Crippen molar-refractivity contribution < 1.29 is 22.7 Å². The molecule has 3 rings (SSSR count). The second-order valence-corrected chi connectivity index (χ2v) is 8.73. The van der Waals surface area contributed by atoms with Crippen molar-refractivity contribution in [2.75, 3.05) is 24.3 Å². The lowest BCUT2D eigenvalue weighted by molar-refractivity contribution is 0.102. The van der Waals surface area contributed by atoms with E-state index < -0.39 is 15.9 Å². The fraction of sp³-hybridized carbons (Fsp3) is 0.136. The molecule has 0 aliphatic rings. The number of anilines is 2. The molecule has 3 aromatic carbocycles. The van der Waals surface area contributed by atoms with Crippen LogP contribution in [0.15, 0.2) is 65.6 Å². The Labute approximate surface area is 186 Å². The van der Waals surface area contributed by atoms with Crippen LogP contribution >= 0.6 is 11.6 Å². The van der Waals surface area contributed by atoms with E-state index in [2.05, 4.69) is 10.0 Å². The van der Waals surface area contributed by atoms with Gasteiger partial charge in [-0.3, -0.25) is 9.52 Å². The number of nitrogens with one attached hydrogen (secondary N) is 2. The van der Waals surface area contributed by atoms with Gasteiger partial charge in [0.25, 0.3) is 15.9 Å². The molecule has 0 unspecified atom stereocenters. The zero-order chi connectivity index (χ0) is 22.6. The van der Waals surface area contributed by atoms with Crippen LogP contribution in [-0.2, 0) is 10.0 Å². The van der Waals surface area contributed by atoms with Crippen LogP contribution in [0, 0.1) is 6.92 Å². The number of methoxy groups -OCH3 is 2. The predicted octanol–water partition coefficient (Wildman–Crippen LogP) is 4.72. The Morgan fingerprint density at radius 1 is 0.935 bits per heavy atom. The van der Waals surface area contributed by atoms with E-state index in [1.165, 1.54) is 50.6 Å². The first-order chi connectivity index (χ1) is 14.7. The van der Waals surface area contributed by atoms with Crippen LogP contribution in [0.25, 0.3) is 0 Å². The lowest BCUT2D eigenvalue weighted by Crippen LogP contribution is -2.16. The summed E-state index contributed by atoms with van der Waals surface area (Å²) in [5.41, 5.74) is 1.93. The zero-order valence-corrected chi connectivity index (χ0v) is 18.7. The first kappa shape index (κ1) is 22.5. The highest BCUT2D eigenvalue weighted by Gasteiger charge is 2.18. The maximum atomic E-state index is 12.8. The summed E-state index contributed by atoms with van der Waals surface area (Å²) in [6, 6.07) is 15.7. The van der Waals surface area contributed by atoms with Crippen LogP contribution < -0.4 is 19.5 Å². The van der Waals surface area contributed by atoms with Crippen LogP contribution in [0.1, 0.15) is 15.9 Å². The van der Waals surface area contributed by atoms with E-state index in [9.17, 15) is 13.2 Å². The highest BCUT2D eigenvalue weighted by atomic mass is 35.5. The van der Waals surface area contributed by atoms with Crippen molar-refractivity contribution in [2.45, 2.75) is 11.8 Å². The number of amides is 1. The van der Waals surface area contributed by atoms with Crippen LogP contribution in [-0.4, -0.2) is 28.5 Å². The molecule has 0 bridgehead atoms. The van der Waals surface area contributed by atoms with Crippen molar-refractivity contribution >= 4 is 38.9 Å². The van der Waals surface area contributed by atoms with Gasteiger partial charge in [0.1, 0.15) is 11.5 Å². The van der Waals surface area contributed by atoms with Crippen LogP contribution in [0.4, 0.5) is 11.4 Å². The maximum absolute atomic E-state index is 12.8. The molecule has 0 radical (unpaired) electrons. The zero-order valence-electron chi connectivity index (χ0n) is 17.1. The Kier molecular flexibility index (Phi) is 6.72. The first-order valence-corrected chi connectivity index (χ1v) is 11.0. The number of halogens is 1. The lowest BCUT2D eigenvalue weighted by Gasteiger charge is -2.14. The van der Waals surface area contributed by atoms with E-state index in [0.717, 1.165) is 5.56 Å². The van der Waals surface area contributed by atoms with Crippen LogP contribution in [0.5, 0.6) is 11.5 Å². The van der Waals surface area contributed by atoms with E-state index in [-0.39, 0.29) is 10.5 Å². The predicted molar refractivity (Wildman–Crippen MR) is 121 cm³/mol. The molecule has 0 saturated heterocycles. The number of ether oxygens (including phenoxy) is 2. The molecule has 0 saturated carbocycles. The van der Waals surface area contributed by atoms with Gasteiger partial charge in [0.05, 0.1) is 29.8 Å². The second kappa shape index (κ2) is 9.28. The molecule has 3 aromatic rings. The van der Waals surface area contributed by atoms with Crippen LogP contribution in [0.3, 0.4) is 0 Å². The summed E-state index contributed by atoms with van der Waals surface area (Å²) >= 11 is 6.09. The molecule has 9 heteroatoms. The van der Waals surface area contributed by atoms with Crippen molar-refractivity contribution in [2.24, 2.45) is 0 Å². The van der Waals surface area contributed by atoms with E-state index >= 15 is 0 Å². The SMILES string of the molecule is COc1cc(NC(=O)c2cccc(S(=O)(=O)Nc3ccc(C)cc3)c2)c(OC)cc1Cl. The van der Waals surface area contributed by atoms with Gasteiger partial charge >= 0.3 is 0 Å². The van der Waals surface area contributed by atoms with Crippen molar-refractivity contribution in [3.63, 3.8) is 0 Å². The minimum absolute atomic E-state index is 0.0404. The van der Waals surface area contributed by atoms with Crippen molar-refractivity contribution in [1.82, 2.24) is 0 Å². The summed E-state index contributed by atoms with van der Waals surface area (Å²) < 4.78 is 38.4. The molecule has 31 heavy (non-hydrogen) atoms. The van der Waals surface area contributed by atoms with Gasteiger partial charge in [0.2, 0.25) is 0 Å². The molecular formula is C22H21ClN2O5S. The van der Waals surface area contributed by atoms with Gasteiger partial charge in [0, 0.05) is 23.4 Å². The van der Waals surface area contributed by atoms with Gasteiger partial charge in [-0.25, -0.2) is 8.42 Å². The first-order valence-electron chi connectivity index (χ1n) is 9.16. The third-order valence-electron chi connectivity index (χ3n) is 4.43. The fourth-order valence-electron chi connectivity index (χ4n) is 2.79. The molecule has 0 spiro atoms. The minimum Gasteiger partial charge on any atom is -0.495 e. The highest BCUT2D eigenvalue weighted by Crippen LogP contribution is 2.36. The molecule has 1 amide bonds. The van der Waals surface area contributed by atoms with Gasteiger partial charge in [-0.05, 0) is 37.3 Å². The molecule has 0 atom stereocenters. The molecule has 0 aliphatic carbocycles. The average Bonchev–Trinajstić information content (AvgIpc) is 2.76. The summed E-state index contributed by atoms with van der Waals surface area (Å²) in [4.78, 5) is 12.7. The van der Waals surface area contributed by atoms with E-state index in [4.69, 9.17) is 21.1 Å². The fourth-order valence-corrected chi connectivity index (χ4v) is 4.13. The van der Waals surface area contributed by atoms with Crippen molar-refractivity contribution in [1.29, 1.82) is 0 Å². The molecule has 7 nitrogen and oxygen atoms in total. The van der Waals surface area contributed by atoms with E-state index in [1.807, 2.05) is 6.92 Å². The number of hydrogen-bond donors (Lipinski definition) is 2. The van der Waals surface area contributed by atoms with Gasteiger partial charge in [-0.15, -0.1) is 0 Å². The Morgan fingerprint density at radius 3 is 2.26 bits per heavy atom. The van der Waals surface area contributed by atoms with Gasteiger partial charge in [-0.1, -0.05) is 35.4 Å².